The highest BCUT2D eigenvalue weighted by molar-refractivity contribution is 7.87. The fraction of sp³-hybridized carbons (Fsp3) is 0.714. The minimum absolute atomic E-state index is 0.424. The lowest BCUT2D eigenvalue weighted by molar-refractivity contribution is 0.259. The second kappa shape index (κ2) is 8.24. The van der Waals surface area contributed by atoms with Gasteiger partial charge in [0, 0.05) is 24.5 Å². The molecule has 1 atom stereocenters. The number of nitrogens with zero attached hydrogens (tertiary/aromatic N) is 1. The first kappa shape index (κ1) is 16.9. The van der Waals surface area contributed by atoms with Crippen LogP contribution in [0.3, 0.4) is 0 Å². The third-order valence-electron chi connectivity index (χ3n) is 3.74. The molecule has 2 heterocycles. The molecule has 5 nitrogen and oxygen atoms in total. The van der Waals surface area contributed by atoms with E-state index in [1.54, 1.807) is 15.6 Å². The second-order valence-corrected chi connectivity index (χ2v) is 8.19. The first-order valence-corrected chi connectivity index (χ1v) is 9.91. The molecular formula is C14H25N3O2S2. The number of hydrogen-bond donors (Lipinski definition) is 2. The molecule has 1 aliphatic rings. The molecule has 0 aliphatic carbocycles. The Morgan fingerprint density at radius 3 is 3.05 bits per heavy atom. The van der Waals surface area contributed by atoms with Gasteiger partial charge in [-0.05, 0) is 49.7 Å². The van der Waals surface area contributed by atoms with E-state index < -0.39 is 10.2 Å². The van der Waals surface area contributed by atoms with E-state index in [1.807, 2.05) is 17.5 Å². The van der Waals surface area contributed by atoms with E-state index in [0.717, 1.165) is 32.4 Å². The summed E-state index contributed by atoms with van der Waals surface area (Å²) in [5.74, 6) is 0.424. The normalized spacial score (nSPS) is 20.7. The van der Waals surface area contributed by atoms with Crippen LogP contribution < -0.4 is 10.0 Å². The van der Waals surface area contributed by atoms with Crippen molar-refractivity contribution in [1.29, 1.82) is 0 Å². The van der Waals surface area contributed by atoms with Gasteiger partial charge in [-0.3, -0.25) is 0 Å². The van der Waals surface area contributed by atoms with Crippen LogP contribution in [0.1, 0.15) is 24.6 Å². The van der Waals surface area contributed by atoms with Gasteiger partial charge in [0.1, 0.15) is 0 Å². The van der Waals surface area contributed by atoms with Crippen molar-refractivity contribution >= 4 is 21.5 Å². The molecule has 0 bridgehead atoms. The number of nitrogens with one attached hydrogen (secondary N) is 2. The van der Waals surface area contributed by atoms with Gasteiger partial charge in [-0.1, -0.05) is 13.0 Å². The van der Waals surface area contributed by atoms with Crippen LogP contribution in [0.15, 0.2) is 17.5 Å². The van der Waals surface area contributed by atoms with Crippen LogP contribution in [0.2, 0.25) is 0 Å². The maximum Gasteiger partial charge on any atom is 0.279 e. The molecule has 0 radical (unpaired) electrons. The summed E-state index contributed by atoms with van der Waals surface area (Å²) >= 11 is 1.66. The average Bonchev–Trinajstić information content (AvgIpc) is 2.98. The lowest BCUT2D eigenvalue weighted by Crippen LogP contribution is -2.48. The van der Waals surface area contributed by atoms with Crippen LogP contribution in [0.25, 0.3) is 0 Å². The first-order chi connectivity index (χ1) is 10.1. The zero-order valence-corrected chi connectivity index (χ0v) is 14.2. The Hall–Kier alpha value is -0.470. The number of thiophene rings is 1. The molecule has 0 aromatic carbocycles. The highest BCUT2D eigenvalue weighted by Gasteiger charge is 2.28. The molecule has 1 unspecified atom stereocenters. The van der Waals surface area contributed by atoms with Crippen LogP contribution in [-0.4, -0.2) is 45.4 Å². The molecule has 21 heavy (non-hydrogen) atoms. The van der Waals surface area contributed by atoms with Crippen molar-refractivity contribution in [2.45, 2.75) is 26.2 Å². The van der Waals surface area contributed by atoms with Crippen LogP contribution in [-0.2, 0) is 16.6 Å². The fourth-order valence-corrected chi connectivity index (χ4v) is 4.64. The van der Waals surface area contributed by atoms with Crippen LogP contribution in [0.4, 0.5) is 0 Å². The molecule has 1 saturated heterocycles. The number of rotatable bonds is 8. The number of hydrogen-bond acceptors (Lipinski definition) is 4. The van der Waals surface area contributed by atoms with Gasteiger partial charge in [-0.15, -0.1) is 11.3 Å². The van der Waals surface area contributed by atoms with Crippen LogP contribution in [0.5, 0.6) is 0 Å². The SMILES string of the molecule is CCNCC1CCCN(S(=O)(=O)NCCc2cccs2)C1. The predicted molar refractivity (Wildman–Crippen MR) is 87.8 cm³/mol. The molecule has 0 spiro atoms. The minimum Gasteiger partial charge on any atom is -0.317 e. The molecule has 0 amide bonds. The molecule has 7 heteroatoms. The summed E-state index contributed by atoms with van der Waals surface area (Å²) in [7, 11) is -3.33. The topological polar surface area (TPSA) is 61.4 Å². The lowest BCUT2D eigenvalue weighted by Gasteiger charge is -2.32. The summed E-state index contributed by atoms with van der Waals surface area (Å²) < 4.78 is 29.0. The highest BCUT2D eigenvalue weighted by atomic mass is 32.2. The lowest BCUT2D eigenvalue weighted by atomic mass is 10.00. The van der Waals surface area contributed by atoms with Crippen molar-refractivity contribution < 1.29 is 8.42 Å². The zero-order chi connectivity index (χ0) is 15.1. The van der Waals surface area contributed by atoms with Crippen LogP contribution >= 0.6 is 11.3 Å². The molecule has 2 rings (SSSR count). The van der Waals surface area contributed by atoms with Gasteiger partial charge in [0.25, 0.3) is 10.2 Å². The Balaban J connectivity index is 1.80. The number of piperidine rings is 1. The summed E-state index contributed by atoms with van der Waals surface area (Å²) in [6.07, 6.45) is 2.81. The fourth-order valence-electron chi connectivity index (χ4n) is 2.61. The van der Waals surface area contributed by atoms with Gasteiger partial charge in [0.05, 0.1) is 0 Å². The summed E-state index contributed by atoms with van der Waals surface area (Å²) in [6, 6.07) is 4.02. The molecule has 0 saturated carbocycles. The third kappa shape index (κ3) is 5.34. The quantitative estimate of drug-likeness (QED) is 0.758. The van der Waals surface area contributed by atoms with E-state index in [0.29, 0.717) is 25.6 Å². The van der Waals surface area contributed by atoms with E-state index in [-0.39, 0.29) is 0 Å². The van der Waals surface area contributed by atoms with Crippen molar-refractivity contribution in [2.75, 3.05) is 32.7 Å². The van der Waals surface area contributed by atoms with Gasteiger partial charge in [-0.2, -0.15) is 12.7 Å². The molecule has 1 fully saturated rings. The van der Waals surface area contributed by atoms with E-state index in [9.17, 15) is 8.42 Å². The largest absolute Gasteiger partial charge is 0.317 e. The molecule has 1 aliphatic heterocycles. The van der Waals surface area contributed by atoms with Crippen molar-refractivity contribution in [3.63, 3.8) is 0 Å². The van der Waals surface area contributed by atoms with E-state index >= 15 is 0 Å². The summed E-state index contributed by atoms with van der Waals surface area (Å²) in [5, 5.41) is 5.32. The summed E-state index contributed by atoms with van der Waals surface area (Å²) in [4.78, 5) is 1.21. The maximum absolute atomic E-state index is 12.3. The maximum atomic E-state index is 12.3. The molecular weight excluding hydrogens is 306 g/mol. The molecule has 1 aromatic rings. The van der Waals surface area contributed by atoms with Gasteiger partial charge in [-0.25, -0.2) is 4.72 Å². The molecule has 2 N–H and O–H groups in total. The van der Waals surface area contributed by atoms with Crippen molar-refractivity contribution in [1.82, 2.24) is 14.3 Å². The standard InChI is InChI=1S/C14H25N3O2S2/c1-2-15-11-13-5-3-9-17(12-13)21(18,19)16-8-7-14-6-4-10-20-14/h4,6,10,13,15-16H,2-3,5,7-9,11-12H2,1H3. The van der Waals surface area contributed by atoms with Crippen molar-refractivity contribution in [3.05, 3.63) is 22.4 Å². The first-order valence-electron chi connectivity index (χ1n) is 7.59. The average molecular weight is 332 g/mol. The zero-order valence-electron chi connectivity index (χ0n) is 12.5. The Kier molecular flexibility index (Phi) is 6.63. The highest BCUT2D eigenvalue weighted by Crippen LogP contribution is 2.18. The molecule has 120 valence electrons. The van der Waals surface area contributed by atoms with Gasteiger partial charge < -0.3 is 5.32 Å². The molecule has 1 aromatic heterocycles. The second-order valence-electron chi connectivity index (χ2n) is 5.40. The van der Waals surface area contributed by atoms with E-state index in [2.05, 4.69) is 17.0 Å². The van der Waals surface area contributed by atoms with Crippen molar-refractivity contribution in [2.24, 2.45) is 5.92 Å². The van der Waals surface area contributed by atoms with Gasteiger partial charge in [0.2, 0.25) is 0 Å². The van der Waals surface area contributed by atoms with E-state index in [4.69, 9.17) is 0 Å². The smallest absolute Gasteiger partial charge is 0.279 e. The monoisotopic (exact) mass is 331 g/mol. The Labute approximate surface area is 131 Å². The third-order valence-corrected chi connectivity index (χ3v) is 6.26. The minimum atomic E-state index is -3.33. The van der Waals surface area contributed by atoms with Gasteiger partial charge in [0.15, 0.2) is 0 Å². The summed E-state index contributed by atoms with van der Waals surface area (Å²) in [6.45, 7) is 5.64. The van der Waals surface area contributed by atoms with Gasteiger partial charge >= 0.3 is 0 Å². The van der Waals surface area contributed by atoms with E-state index in [1.165, 1.54) is 4.88 Å². The van der Waals surface area contributed by atoms with Crippen molar-refractivity contribution in [3.8, 4) is 0 Å². The Morgan fingerprint density at radius 2 is 2.33 bits per heavy atom. The summed E-state index contributed by atoms with van der Waals surface area (Å²) in [5.41, 5.74) is 0. The van der Waals surface area contributed by atoms with Crippen LogP contribution in [0, 0.1) is 5.92 Å². The Bertz CT molecular complexity index is 502. The Morgan fingerprint density at radius 1 is 1.48 bits per heavy atom. The predicted octanol–water partition coefficient (Wildman–Crippen LogP) is 1.45.